The summed E-state index contributed by atoms with van der Waals surface area (Å²) in [6, 6.07) is 1.69. The number of hydrogen-bond donors (Lipinski definition) is 2. The van der Waals surface area contributed by atoms with Gasteiger partial charge in [-0.25, -0.2) is 4.79 Å². The Morgan fingerprint density at radius 3 is 2.33 bits per heavy atom. The van der Waals surface area contributed by atoms with Crippen LogP contribution in [-0.4, -0.2) is 82.5 Å². The van der Waals surface area contributed by atoms with E-state index in [0.717, 1.165) is 19.5 Å². The number of amides is 2. The average Bonchev–Trinajstić information content (AvgIpc) is 2.97. The average molecular weight is 380 g/mol. The Morgan fingerprint density at radius 2 is 1.75 bits per heavy atom. The van der Waals surface area contributed by atoms with Crippen LogP contribution in [0, 0.1) is 0 Å². The Balaban J connectivity index is 2.16. The third-order valence-electron chi connectivity index (χ3n) is 4.72. The van der Waals surface area contributed by atoms with Crippen LogP contribution in [0.2, 0.25) is 18.6 Å². The van der Waals surface area contributed by atoms with Crippen LogP contribution in [0.15, 0.2) is 0 Å². The first kappa shape index (κ1) is 21.5. The summed E-state index contributed by atoms with van der Waals surface area (Å²) in [7, 11) is 2.33. The van der Waals surface area contributed by atoms with Crippen molar-refractivity contribution in [2.45, 2.75) is 31.5 Å². The van der Waals surface area contributed by atoms with Gasteiger partial charge in [0.2, 0.25) is 0 Å². The van der Waals surface area contributed by atoms with Gasteiger partial charge in [-0.2, -0.15) is 0 Å². The summed E-state index contributed by atoms with van der Waals surface area (Å²) in [6.07, 6.45) is 1.93. The SMILES string of the molecule is CO[Si](CCCNC(=O)NCCN1CCC[Si]1(C)OC)(OC)OC. The molecule has 0 aromatic carbocycles. The first-order chi connectivity index (χ1) is 11.4. The summed E-state index contributed by atoms with van der Waals surface area (Å²) >= 11 is 0. The minimum absolute atomic E-state index is 0.144. The van der Waals surface area contributed by atoms with E-state index in [-0.39, 0.29) is 6.03 Å². The van der Waals surface area contributed by atoms with Crippen molar-refractivity contribution in [1.82, 2.24) is 15.2 Å². The lowest BCUT2D eigenvalue weighted by molar-refractivity contribution is 0.123. The molecule has 2 N–H and O–H groups in total. The topological polar surface area (TPSA) is 81.3 Å². The van der Waals surface area contributed by atoms with Gasteiger partial charge in [0.1, 0.15) is 0 Å². The van der Waals surface area contributed by atoms with Crippen LogP contribution >= 0.6 is 0 Å². The molecule has 1 rings (SSSR count). The number of nitrogens with one attached hydrogen (secondary N) is 2. The van der Waals surface area contributed by atoms with E-state index in [2.05, 4.69) is 21.7 Å². The van der Waals surface area contributed by atoms with E-state index >= 15 is 0 Å². The zero-order valence-electron chi connectivity index (χ0n) is 15.6. The molecule has 1 aliphatic heterocycles. The summed E-state index contributed by atoms with van der Waals surface area (Å²) in [5.74, 6) is 0. The molecular formula is C14H33N3O5Si2. The molecule has 1 atom stereocenters. The lowest BCUT2D eigenvalue weighted by Gasteiger charge is -2.31. The molecule has 142 valence electrons. The van der Waals surface area contributed by atoms with Crippen molar-refractivity contribution in [2.75, 3.05) is 54.6 Å². The minimum Gasteiger partial charge on any atom is -0.406 e. The molecule has 1 unspecified atom stereocenters. The Hall–Kier alpha value is -0.496. The third kappa shape index (κ3) is 6.10. The number of carbonyl (C=O) groups is 1. The van der Waals surface area contributed by atoms with E-state index in [1.807, 2.05) is 0 Å². The smallest absolute Gasteiger partial charge is 0.406 e. The van der Waals surface area contributed by atoms with Crippen LogP contribution in [0.25, 0.3) is 0 Å². The normalized spacial score (nSPS) is 21.9. The summed E-state index contributed by atoms with van der Waals surface area (Å²) < 4.78 is 24.2. The van der Waals surface area contributed by atoms with Gasteiger partial charge < -0.3 is 32.9 Å². The van der Waals surface area contributed by atoms with Crippen LogP contribution in [0.1, 0.15) is 12.8 Å². The van der Waals surface area contributed by atoms with E-state index in [9.17, 15) is 4.79 Å². The molecule has 24 heavy (non-hydrogen) atoms. The summed E-state index contributed by atoms with van der Waals surface area (Å²) in [4.78, 5) is 11.8. The first-order valence-electron chi connectivity index (χ1n) is 8.42. The highest BCUT2D eigenvalue weighted by molar-refractivity contribution is 6.70. The quantitative estimate of drug-likeness (QED) is 0.411. The molecule has 8 nitrogen and oxygen atoms in total. The fraction of sp³-hybridized carbons (Fsp3) is 0.929. The van der Waals surface area contributed by atoms with Gasteiger partial charge >= 0.3 is 14.8 Å². The predicted molar refractivity (Wildman–Crippen MR) is 97.2 cm³/mol. The Kier molecular flexibility index (Phi) is 9.41. The van der Waals surface area contributed by atoms with Gasteiger partial charge in [-0.05, 0) is 32.0 Å². The van der Waals surface area contributed by atoms with Gasteiger partial charge in [0.15, 0.2) is 0 Å². The highest BCUT2D eigenvalue weighted by Gasteiger charge is 2.40. The minimum atomic E-state index is -2.54. The molecule has 0 spiro atoms. The van der Waals surface area contributed by atoms with Gasteiger partial charge in [-0.1, -0.05) is 0 Å². The molecule has 1 fully saturated rings. The number of urea groups is 1. The maximum atomic E-state index is 11.8. The van der Waals surface area contributed by atoms with Crippen molar-refractivity contribution in [3.63, 3.8) is 0 Å². The molecule has 0 saturated carbocycles. The van der Waals surface area contributed by atoms with E-state index in [0.29, 0.717) is 19.1 Å². The largest absolute Gasteiger partial charge is 0.500 e. The second-order valence-corrected chi connectivity index (χ2v) is 13.0. The monoisotopic (exact) mass is 379 g/mol. The lowest BCUT2D eigenvalue weighted by atomic mass is 10.4. The second-order valence-electron chi connectivity index (χ2n) is 6.05. The van der Waals surface area contributed by atoms with Crippen molar-refractivity contribution >= 4 is 23.3 Å². The predicted octanol–water partition coefficient (Wildman–Crippen LogP) is 0.978. The van der Waals surface area contributed by atoms with E-state index in [1.54, 1.807) is 28.4 Å². The molecule has 1 saturated heterocycles. The molecule has 0 bridgehead atoms. The summed E-state index contributed by atoms with van der Waals surface area (Å²) in [5.41, 5.74) is 0. The number of carbonyl (C=O) groups excluding carboxylic acids is 1. The summed E-state index contributed by atoms with van der Waals surface area (Å²) in [6.45, 7) is 5.34. The van der Waals surface area contributed by atoms with Crippen molar-refractivity contribution in [3.05, 3.63) is 0 Å². The van der Waals surface area contributed by atoms with Crippen molar-refractivity contribution in [3.8, 4) is 0 Å². The maximum absolute atomic E-state index is 11.8. The Morgan fingerprint density at radius 1 is 1.12 bits per heavy atom. The number of hydrogen-bond acceptors (Lipinski definition) is 6. The third-order valence-corrected chi connectivity index (χ3v) is 11.5. The van der Waals surface area contributed by atoms with Gasteiger partial charge in [-0.3, -0.25) is 0 Å². The molecule has 1 heterocycles. The Labute approximate surface area is 147 Å². The zero-order chi connectivity index (χ0) is 18.1. The standard InChI is InChI=1S/C14H33N3O5Si2/c1-19-23(5)12-7-10-17(23)11-9-16-14(18)15-8-6-13-24(20-2,21-3)22-4/h6-13H2,1-5H3,(H2,15,16,18). The highest BCUT2D eigenvalue weighted by Crippen LogP contribution is 2.25. The van der Waals surface area contributed by atoms with Crippen LogP contribution in [0.4, 0.5) is 4.79 Å². The Bertz CT molecular complexity index is 379. The number of nitrogens with zero attached hydrogens (tertiary/aromatic N) is 1. The number of rotatable bonds is 11. The van der Waals surface area contributed by atoms with Crippen molar-refractivity contribution < 1.29 is 22.5 Å². The molecule has 1 aliphatic rings. The molecule has 0 aromatic heterocycles. The molecule has 0 aromatic rings. The fourth-order valence-electron chi connectivity index (χ4n) is 3.00. The van der Waals surface area contributed by atoms with Gasteiger partial charge in [0.25, 0.3) is 8.48 Å². The first-order valence-corrected chi connectivity index (χ1v) is 12.9. The van der Waals surface area contributed by atoms with Gasteiger partial charge in [0, 0.05) is 54.1 Å². The van der Waals surface area contributed by atoms with E-state index in [4.69, 9.17) is 17.7 Å². The van der Waals surface area contributed by atoms with Gasteiger partial charge in [0.05, 0.1) is 0 Å². The van der Waals surface area contributed by atoms with Crippen molar-refractivity contribution in [1.29, 1.82) is 0 Å². The molecule has 0 aliphatic carbocycles. The van der Waals surface area contributed by atoms with Crippen molar-refractivity contribution in [2.24, 2.45) is 0 Å². The fourth-order valence-corrected chi connectivity index (χ4v) is 7.53. The zero-order valence-corrected chi connectivity index (χ0v) is 17.6. The summed E-state index contributed by atoms with van der Waals surface area (Å²) in [5, 5.41) is 5.76. The van der Waals surface area contributed by atoms with Crippen LogP contribution in [0.5, 0.6) is 0 Å². The van der Waals surface area contributed by atoms with Crippen LogP contribution < -0.4 is 10.6 Å². The molecule has 10 heteroatoms. The molecular weight excluding hydrogens is 346 g/mol. The lowest BCUT2D eigenvalue weighted by Crippen LogP contribution is -2.51. The van der Waals surface area contributed by atoms with Gasteiger partial charge in [-0.15, -0.1) is 0 Å². The highest BCUT2D eigenvalue weighted by atomic mass is 28.4. The molecule has 0 radical (unpaired) electrons. The van der Waals surface area contributed by atoms with E-state index in [1.165, 1.54) is 12.5 Å². The van der Waals surface area contributed by atoms with E-state index < -0.39 is 17.3 Å². The van der Waals surface area contributed by atoms with Crippen LogP contribution in [-0.2, 0) is 17.7 Å². The van der Waals surface area contributed by atoms with Crippen LogP contribution in [0.3, 0.4) is 0 Å². The maximum Gasteiger partial charge on any atom is 0.500 e. The molecule has 2 amide bonds. The second kappa shape index (κ2) is 10.5.